The number of halogens is 2. The van der Waals surface area contributed by atoms with Crippen LogP contribution < -0.4 is 5.32 Å². The van der Waals surface area contributed by atoms with Gasteiger partial charge >= 0.3 is 0 Å². The van der Waals surface area contributed by atoms with Gasteiger partial charge in [-0.15, -0.1) is 0 Å². The van der Waals surface area contributed by atoms with Crippen LogP contribution in [0.3, 0.4) is 0 Å². The van der Waals surface area contributed by atoms with E-state index >= 15 is 0 Å². The van der Waals surface area contributed by atoms with Gasteiger partial charge in [0.05, 0.1) is 17.5 Å². The minimum absolute atomic E-state index is 0.257. The van der Waals surface area contributed by atoms with E-state index in [0.717, 1.165) is 23.0 Å². The van der Waals surface area contributed by atoms with Gasteiger partial charge in [0, 0.05) is 17.1 Å². The van der Waals surface area contributed by atoms with Crippen molar-refractivity contribution in [1.82, 2.24) is 5.32 Å². The highest BCUT2D eigenvalue weighted by molar-refractivity contribution is 9.10. The molecule has 0 bridgehead atoms. The molecule has 2 nitrogen and oxygen atoms in total. The van der Waals surface area contributed by atoms with Crippen molar-refractivity contribution in [2.24, 2.45) is 0 Å². The topological polar surface area (TPSA) is 35.8 Å². The molecule has 0 aliphatic heterocycles. The minimum atomic E-state index is 0.257. The standard InChI is InChI=1S/C12H14BrClN2/c1-2-10(5-6-15)16-8-9-3-4-11(13)12(14)7-9/h3-4,7,10,16H,2,5,8H2,1H3. The highest BCUT2D eigenvalue weighted by atomic mass is 79.9. The van der Waals surface area contributed by atoms with Crippen LogP contribution in [-0.2, 0) is 6.54 Å². The normalized spacial score (nSPS) is 12.1. The second-order valence-corrected chi connectivity index (χ2v) is 4.86. The molecule has 0 aromatic heterocycles. The summed E-state index contributed by atoms with van der Waals surface area (Å²) in [5.41, 5.74) is 1.13. The fourth-order valence-electron chi connectivity index (χ4n) is 1.38. The minimum Gasteiger partial charge on any atom is -0.309 e. The number of hydrogen-bond acceptors (Lipinski definition) is 2. The van der Waals surface area contributed by atoms with Gasteiger partial charge < -0.3 is 5.32 Å². The first-order valence-electron chi connectivity index (χ1n) is 5.21. The first kappa shape index (κ1) is 13.5. The van der Waals surface area contributed by atoms with Crippen LogP contribution in [0.4, 0.5) is 0 Å². The lowest BCUT2D eigenvalue weighted by Gasteiger charge is -2.13. The second kappa shape index (κ2) is 6.90. The van der Waals surface area contributed by atoms with Crippen molar-refractivity contribution in [3.8, 4) is 6.07 Å². The zero-order valence-corrected chi connectivity index (χ0v) is 11.5. The predicted octanol–water partition coefficient (Wildman–Crippen LogP) is 3.88. The molecule has 0 saturated carbocycles. The third-order valence-electron chi connectivity index (χ3n) is 2.41. The smallest absolute Gasteiger partial charge is 0.0638 e. The van der Waals surface area contributed by atoms with Crippen molar-refractivity contribution >= 4 is 27.5 Å². The van der Waals surface area contributed by atoms with Gasteiger partial charge in [-0.05, 0) is 40.0 Å². The molecule has 0 radical (unpaired) electrons. The van der Waals surface area contributed by atoms with Crippen LogP contribution in [0.25, 0.3) is 0 Å². The summed E-state index contributed by atoms with van der Waals surface area (Å²) in [7, 11) is 0. The largest absolute Gasteiger partial charge is 0.309 e. The molecular formula is C12H14BrClN2. The van der Waals surface area contributed by atoms with Gasteiger partial charge in [0.15, 0.2) is 0 Å². The fraction of sp³-hybridized carbons (Fsp3) is 0.417. The molecule has 16 heavy (non-hydrogen) atoms. The van der Waals surface area contributed by atoms with Crippen molar-refractivity contribution in [1.29, 1.82) is 5.26 Å². The lowest BCUT2D eigenvalue weighted by Crippen LogP contribution is -2.27. The van der Waals surface area contributed by atoms with Crippen LogP contribution in [0, 0.1) is 11.3 Å². The van der Waals surface area contributed by atoms with Gasteiger partial charge in [0.1, 0.15) is 0 Å². The third-order valence-corrected chi connectivity index (χ3v) is 3.64. The molecule has 0 aliphatic carbocycles. The van der Waals surface area contributed by atoms with Crippen LogP contribution in [-0.4, -0.2) is 6.04 Å². The summed E-state index contributed by atoms with van der Waals surface area (Å²) in [6.07, 6.45) is 1.50. The predicted molar refractivity (Wildman–Crippen MR) is 70.3 cm³/mol. The van der Waals surface area contributed by atoms with Gasteiger partial charge in [0.2, 0.25) is 0 Å². The maximum Gasteiger partial charge on any atom is 0.0638 e. The number of nitriles is 1. The Hall–Kier alpha value is -0.560. The molecule has 1 aromatic rings. The molecule has 0 amide bonds. The van der Waals surface area contributed by atoms with Gasteiger partial charge in [-0.25, -0.2) is 0 Å². The average Bonchev–Trinajstić information content (AvgIpc) is 2.28. The summed E-state index contributed by atoms with van der Waals surface area (Å²) in [4.78, 5) is 0. The van der Waals surface area contributed by atoms with Gasteiger partial charge in [0.25, 0.3) is 0 Å². The third kappa shape index (κ3) is 4.13. The van der Waals surface area contributed by atoms with E-state index in [9.17, 15) is 0 Å². The Morgan fingerprint density at radius 3 is 2.88 bits per heavy atom. The van der Waals surface area contributed by atoms with E-state index < -0.39 is 0 Å². The SMILES string of the molecule is CCC(CC#N)NCc1ccc(Br)c(Cl)c1. The Bertz CT molecular complexity index is 387. The van der Waals surface area contributed by atoms with Crippen LogP contribution in [0.15, 0.2) is 22.7 Å². The van der Waals surface area contributed by atoms with Crippen molar-refractivity contribution in [3.05, 3.63) is 33.3 Å². The monoisotopic (exact) mass is 300 g/mol. The number of rotatable bonds is 5. The van der Waals surface area contributed by atoms with Crippen molar-refractivity contribution < 1.29 is 0 Å². The molecule has 1 atom stereocenters. The van der Waals surface area contributed by atoms with E-state index in [1.807, 2.05) is 18.2 Å². The lowest BCUT2D eigenvalue weighted by atomic mass is 10.1. The van der Waals surface area contributed by atoms with Crippen LogP contribution in [0.2, 0.25) is 5.02 Å². The van der Waals surface area contributed by atoms with E-state index in [1.54, 1.807) is 0 Å². The molecule has 0 fully saturated rings. The van der Waals surface area contributed by atoms with E-state index in [2.05, 4.69) is 34.2 Å². The maximum atomic E-state index is 8.63. The molecule has 86 valence electrons. The van der Waals surface area contributed by atoms with Crippen LogP contribution >= 0.6 is 27.5 Å². The Morgan fingerprint density at radius 2 is 2.31 bits per heavy atom. The van der Waals surface area contributed by atoms with Gasteiger partial charge in [-0.1, -0.05) is 24.6 Å². The zero-order valence-electron chi connectivity index (χ0n) is 9.13. The number of benzene rings is 1. The number of nitrogens with zero attached hydrogens (tertiary/aromatic N) is 1. The molecular weight excluding hydrogens is 288 g/mol. The highest BCUT2D eigenvalue weighted by Gasteiger charge is 2.05. The van der Waals surface area contributed by atoms with E-state index in [1.165, 1.54) is 0 Å². The zero-order chi connectivity index (χ0) is 12.0. The van der Waals surface area contributed by atoms with Gasteiger partial charge in [-0.2, -0.15) is 5.26 Å². The molecule has 0 aliphatic rings. The molecule has 0 saturated heterocycles. The van der Waals surface area contributed by atoms with E-state index in [-0.39, 0.29) is 6.04 Å². The van der Waals surface area contributed by atoms with Crippen molar-refractivity contribution in [2.45, 2.75) is 32.4 Å². The average molecular weight is 302 g/mol. The Morgan fingerprint density at radius 1 is 1.56 bits per heavy atom. The summed E-state index contributed by atoms with van der Waals surface area (Å²) in [5, 5.41) is 12.7. The fourth-order valence-corrected chi connectivity index (χ4v) is 1.83. The molecule has 0 heterocycles. The van der Waals surface area contributed by atoms with Crippen molar-refractivity contribution in [3.63, 3.8) is 0 Å². The molecule has 4 heteroatoms. The summed E-state index contributed by atoms with van der Waals surface area (Å²) >= 11 is 9.35. The second-order valence-electron chi connectivity index (χ2n) is 3.60. The highest BCUT2D eigenvalue weighted by Crippen LogP contribution is 2.23. The summed E-state index contributed by atoms with van der Waals surface area (Å²) in [6.45, 7) is 2.82. The van der Waals surface area contributed by atoms with Crippen LogP contribution in [0.1, 0.15) is 25.3 Å². The van der Waals surface area contributed by atoms with Crippen molar-refractivity contribution in [2.75, 3.05) is 0 Å². The summed E-state index contributed by atoms with van der Waals surface area (Å²) in [5.74, 6) is 0. The Balaban J connectivity index is 2.54. The molecule has 1 unspecified atom stereocenters. The first-order chi connectivity index (χ1) is 7.67. The maximum absolute atomic E-state index is 8.63. The molecule has 1 aromatic carbocycles. The molecule has 0 spiro atoms. The quantitative estimate of drug-likeness (QED) is 0.895. The Kier molecular flexibility index (Phi) is 5.83. The molecule has 1 N–H and O–H groups in total. The lowest BCUT2D eigenvalue weighted by molar-refractivity contribution is 0.505. The van der Waals surface area contributed by atoms with Crippen LogP contribution in [0.5, 0.6) is 0 Å². The van der Waals surface area contributed by atoms with Gasteiger partial charge in [-0.3, -0.25) is 0 Å². The number of nitrogens with one attached hydrogen (secondary N) is 1. The van der Waals surface area contributed by atoms with E-state index in [4.69, 9.17) is 16.9 Å². The Labute approximate surface area is 110 Å². The van der Waals surface area contributed by atoms with E-state index in [0.29, 0.717) is 11.4 Å². The first-order valence-corrected chi connectivity index (χ1v) is 6.38. The summed E-state index contributed by atoms with van der Waals surface area (Å²) in [6, 6.07) is 8.32. The summed E-state index contributed by atoms with van der Waals surface area (Å²) < 4.78 is 0.905. The molecule has 1 rings (SSSR count). The number of hydrogen-bond donors (Lipinski definition) is 1.